The molecule has 0 unspecified atom stereocenters. The van der Waals surface area contributed by atoms with Gasteiger partial charge in [-0.05, 0) is 44.5 Å². The average molecular weight is 429 g/mol. The number of hydrogen-bond acceptors (Lipinski definition) is 6. The summed E-state index contributed by atoms with van der Waals surface area (Å²) in [4.78, 5) is 36.6. The molecule has 166 valence electrons. The van der Waals surface area contributed by atoms with Crippen molar-refractivity contribution in [2.75, 3.05) is 11.9 Å². The van der Waals surface area contributed by atoms with E-state index in [1.165, 1.54) is 6.07 Å². The van der Waals surface area contributed by atoms with Crippen molar-refractivity contribution in [3.63, 3.8) is 0 Å². The second-order valence-corrected chi connectivity index (χ2v) is 8.15. The monoisotopic (exact) mass is 429 g/mol. The second-order valence-electron chi connectivity index (χ2n) is 8.15. The molecule has 0 radical (unpaired) electrons. The molecule has 0 saturated heterocycles. The molecule has 0 spiro atoms. The first-order valence-electron chi connectivity index (χ1n) is 9.71. The van der Waals surface area contributed by atoms with Crippen LogP contribution in [-0.4, -0.2) is 40.8 Å². The van der Waals surface area contributed by atoms with Gasteiger partial charge in [-0.15, -0.1) is 0 Å². The first kappa shape index (κ1) is 23.7. The molecule has 2 aromatic carbocycles. The molecule has 1 atom stereocenters. The number of benzene rings is 2. The van der Waals surface area contributed by atoms with Crippen molar-refractivity contribution < 1.29 is 24.4 Å². The van der Waals surface area contributed by atoms with Gasteiger partial charge in [0.1, 0.15) is 11.6 Å². The summed E-state index contributed by atoms with van der Waals surface area (Å²) in [7, 11) is 1.89. The number of amides is 1. The molecule has 0 aliphatic carbocycles. The Balaban J connectivity index is 2.25. The Morgan fingerprint density at radius 3 is 2.39 bits per heavy atom. The zero-order valence-electron chi connectivity index (χ0n) is 18.0. The zero-order valence-corrected chi connectivity index (χ0v) is 18.0. The van der Waals surface area contributed by atoms with E-state index in [2.05, 4.69) is 5.32 Å². The Morgan fingerprint density at radius 1 is 1.19 bits per heavy atom. The summed E-state index contributed by atoms with van der Waals surface area (Å²) in [5.74, 6) is -1.31. The SMILES string of the molecule is CN(Cc1ccc([N+](=O)[O-])c(C[C@H](NC(=O)OC(C)(C)C)C(=O)O)c1)c1ccccc1. The molecule has 2 rings (SSSR count). The minimum Gasteiger partial charge on any atom is -0.480 e. The number of nitro benzene ring substituents is 1. The van der Waals surface area contributed by atoms with Gasteiger partial charge in [0.25, 0.3) is 5.69 Å². The number of nitrogens with one attached hydrogen (secondary N) is 1. The van der Waals surface area contributed by atoms with E-state index in [1.54, 1.807) is 32.9 Å². The minimum absolute atomic E-state index is 0.205. The fraction of sp³-hybridized carbons (Fsp3) is 0.364. The van der Waals surface area contributed by atoms with E-state index in [1.807, 2.05) is 42.3 Å². The number of para-hydroxylation sites is 1. The molecule has 1 amide bonds. The number of aliphatic carboxylic acids is 1. The topological polar surface area (TPSA) is 122 Å². The number of rotatable bonds is 8. The maximum Gasteiger partial charge on any atom is 0.408 e. The molecular weight excluding hydrogens is 402 g/mol. The van der Waals surface area contributed by atoms with Crippen LogP contribution in [0.4, 0.5) is 16.2 Å². The molecule has 31 heavy (non-hydrogen) atoms. The Morgan fingerprint density at radius 2 is 1.84 bits per heavy atom. The van der Waals surface area contributed by atoms with Crippen LogP contribution in [0.5, 0.6) is 0 Å². The molecule has 0 bridgehead atoms. The van der Waals surface area contributed by atoms with Gasteiger partial charge < -0.3 is 20.1 Å². The van der Waals surface area contributed by atoms with Crippen molar-refractivity contribution in [3.05, 3.63) is 69.8 Å². The molecule has 2 aromatic rings. The number of carbonyl (C=O) groups excluding carboxylic acids is 1. The number of alkyl carbamates (subject to hydrolysis) is 1. The van der Waals surface area contributed by atoms with Gasteiger partial charge in [0, 0.05) is 37.3 Å². The Bertz CT molecular complexity index is 940. The Hall–Kier alpha value is -3.62. The van der Waals surface area contributed by atoms with Crippen LogP contribution in [0.3, 0.4) is 0 Å². The minimum atomic E-state index is -1.38. The number of anilines is 1. The number of ether oxygens (including phenoxy) is 1. The van der Waals surface area contributed by atoms with Crippen molar-refractivity contribution in [2.45, 2.75) is 45.4 Å². The van der Waals surface area contributed by atoms with Gasteiger partial charge in [-0.1, -0.05) is 24.3 Å². The lowest BCUT2D eigenvalue weighted by Crippen LogP contribution is -2.44. The molecular formula is C22H27N3O6. The molecule has 2 N–H and O–H groups in total. The number of carboxylic acid groups (broad SMARTS) is 1. The second kappa shape index (κ2) is 9.92. The normalized spacial score (nSPS) is 12.0. The van der Waals surface area contributed by atoms with Gasteiger partial charge in [-0.3, -0.25) is 10.1 Å². The lowest BCUT2D eigenvalue weighted by molar-refractivity contribution is -0.385. The van der Waals surface area contributed by atoms with E-state index in [-0.39, 0.29) is 17.7 Å². The van der Waals surface area contributed by atoms with Crippen LogP contribution in [0.25, 0.3) is 0 Å². The summed E-state index contributed by atoms with van der Waals surface area (Å²) in [5, 5.41) is 23.3. The highest BCUT2D eigenvalue weighted by molar-refractivity contribution is 5.80. The molecule has 0 aromatic heterocycles. The molecule has 0 saturated carbocycles. The van der Waals surface area contributed by atoms with Gasteiger partial charge in [-0.25, -0.2) is 9.59 Å². The third-order valence-electron chi connectivity index (χ3n) is 4.37. The Kier molecular flexibility index (Phi) is 7.57. The number of nitrogens with zero attached hydrogens (tertiary/aromatic N) is 2. The zero-order chi connectivity index (χ0) is 23.2. The number of hydrogen-bond donors (Lipinski definition) is 2. The van der Waals surface area contributed by atoms with Crippen LogP contribution < -0.4 is 10.2 Å². The number of nitro groups is 1. The molecule has 9 nitrogen and oxygen atoms in total. The van der Waals surface area contributed by atoms with E-state index >= 15 is 0 Å². The van der Waals surface area contributed by atoms with Gasteiger partial charge in [0.15, 0.2) is 0 Å². The fourth-order valence-corrected chi connectivity index (χ4v) is 3.00. The van der Waals surface area contributed by atoms with Crippen LogP contribution in [0.15, 0.2) is 48.5 Å². The predicted octanol–water partition coefficient (Wildman–Crippen LogP) is 3.75. The van der Waals surface area contributed by atoms with Crippen LogP contribution >= 0.6 is 0 Å². The van der Waals surface area contributed by atoms with Gasteiger partial charge >= 0.3 is 12.1 Å². The highest BCUT2D eigenvalue weighted by Crippen LogP contribution is 2.24. The van der Waals surface area contributed by atoms with Crippen molar-refractivity contribution in [2.24, 2.45) is 0 Å². The van der Waals surface area contributed by atoms with Crippen LogP contribution in [0.1, 0.15) is 31.9 Å². The van der Waals surface area contributed by atoms with Crippen molar-refractivity contribution in [3.8, 4) is 0 Å². The van der Waals surface area contributed by atoms with Crippen LogP contribution in [0.2, 0.25) is 0 Å². The lowest BCUT2D eigenvalue weighted by Gasteiger charge is -2.22. The summed E-state index contributed by atoms with van der Waals surface area (Å²) >= 11 is 0. The quantitative estimate of drug-likeness (QED) is 0.484. The number of carboxylic acids is 1. The summed E-state index contributed by atoms with van der Waals surface area (Å²) in [6, 6.07) is 12.8. The van der Waals surface area contributed by atoms with E-state index in [9.17, 15) is 24.8 Å². The van der Waals surface area contributed by atoms with Gasteiger partial charge in [0.2, 0.25) is 0 Å². The largest absolute Gasteiger partial charge is 0.480 e. The van der Waals surface area contributed by atoms with E-state index in [4.69, 9.17) is 4.74 Å². The standard InChI is InChI=1S/C22H27N3O6/c1-22(2,3)31-21(28)23-18(20(26)27)13-16-12-15(10-11-19(16)25(29)30)14-24(4)17-8-6-5-7-9-17/h5-12,18H,13-14H2,1-4H3,(H,23,28)(H,26,27)/t18-/m0/s1. The van der Waals surface area contributed by atoms with E-state index in [0.29, 0.717) is 6.54 Å². The van der Waals surface area contributed by atoms with Gasteiger partial charge in [-0.2, -0.15) is 0 Å². The van der Waals surface area contributed by atoms with Crippen LogP contribution in [-0.2, 0) is 22.5 Å². The average Bonchev–Trinajstić information content (AvgIpc) is 2.66. The van der Waals surface area contributed by atoms with Crippen LogP contribution in [0, 0.1) is 10.1 Å². The highest BCUT2D eigenvalue weighted by Gasteiger charge is 2.27. The fourth-order valence-electron chi connectivity index (χ4n) is 3.00. The maximum absolute atomic E-state index is 12.0. The van der Waals surface area contributed by atoms with Crippen molar-refractivity contribution >= 4 is 23.4 Å². The number of carbonyl (C=O) groups is 2. The summed E-state index contributed by atoms with van der Waals surface area (Å²) in [5.41, 5.74) is 0.947. The molecule has 0 aliphatic heterocycles. The van der Waals surface area contributed by atoms with Gasteiger partial charge in [0.05, 0.1) is 4.92 Å². The molecule has 0 heterocycles. The first-order chi connectivity index (χ1) is 14.5. The highest BCUT2D eigenvalue weighted by atomic mass is 16.6. The predicted molar refractivity (Wildman–Crippen MR) is 116 cm³/mol. The van der Waals surface area contributed by atoms with E-state index in [0.717, 1.165) is 11.3 Å². The Labute approximate surface area is 180 Å². The first-order valence-corrected chi connectivity index (χ1v) is 9.71. The molecule has 0 aliphatic rings. The third kappa shape index (κ3) is 7.29. The summed E-state index contributed by atoms with van der Waals surface area (Å²) in [6.45, 7) is 5.42. The lowest BCUT2D eigenvalue weighted by atomic mass is 10.0. The van der Waals surface area contributed by atoms with Crippen molar-refractivity contribution in [1.29, 1.82) is 0 Å². The third-order valence-corrected chi connectivity index (χ3v) is 4.37. The van der Waals surface area contributed by atoms with Crippen molar-refractivity contribution in [1.82, 2.24) is 5.32 Å². The van der Waals surface area contributed by atoms with E-state index < -0.39 is 28.6 Å². The summed E-state index contributed by atoms with van der Waals surface area (Å²) < 4.78 is 5.11. The smallest absolute Gasteiger partial charge is 0.408 e. The molecule has 0 fully saturated rings. The molecule has 9 heteroatoms. The summed E-state index contributed by atoms with van der Waals surface area (Å²) in [6.07, 6.45) is -1.16. The maximum atomic E-state index is 12.0.